The van der Waals surface area contributed by atoms with Crippen LogP contribution in [0.3, 0.4) is 0 Å². The lowest BCUT2D eigenvalue weighted by molar-refractivity contribution is -0.138. The number of hydrogen-bond acceptors (Lipinski definition) is 17. The summed E-state index contributed by atoms with van der Waals surface area (Å²) < 4.78 is 34.1. The molecule has 4 fully saturated rings. The summed E-state index contributed by atoms with van der Waals surface area (Å²) in [6.07, 6.45) is 2.15. The number of carboxylic acids is 1. The van der Waals surface area contributed by atoms with Crippen LogP contribution in [0.1, 0.15) is 96.5 Å². The van der Waals surface area contributed by atoms with Gasteiger partial charge in [0.05, 0.1) is 53.0 Å². The molecule has 9 unspecified atom stereocenters. The maximum atomic E-state index is 14.9. The lowest BCUT2D eigenvalue weighted by Crippen LogP contribution is -2.57. The minimum Gasteiger partial charge on any atom is -0.508 e. The molecule has 13 atom stereocenters. The summed E-state index contributed by atoms with van der Waals surface area (Å²) in [4.78, 5) is 134. The number of carbonyl (C=O) groups is 10. The summed E-state index contributed by atoms with van der Waals surface area (Å²) in [5.74, 6) is -10.4. The number of carboxylic acid groups (broad SMARTS) is 1. The smallest absolute Gasteiger partial charge is 0.303 e. The Morgan fingerprint density at radius 2 is 1.17 bits per heavy atom. The van der Waals surface area contributed by atoms with Crippen molar-refractivity contribution in [2.75, 3.05) is 39.8 Å². The Morgan fingerprint density at radius 1 is 0.631 bits per heavy atom. The number of benzene rings is 2. The van der Waals surface area contributed by atoms with Gasteiger partial charge < -0.3 is 79.6 Å². The highest BCUT2D eigenvalue weighted by molar-refractivity contribution is 7.92. The van der Waals surface area contributed by atoms with Gasteiger partial charge in [-0.15, -0.1) is 0 Å². The van der Waals surface area contributed by atoms with Crippen LogP contribution in [0.25, 0.3) is 0 Å². The highest BCUT2D eigenvalue weighted by atomic mass is 32.2. The Hall–Kier alpha value is -7.43. The van der Waals surface area contributed by atoms with Gasteiger partial charge in [0.1, 0.15) is 35.7 Å². The van der Waals surface area contributed by atoms with Crippen LogP contribution in [0.2, 0.25) is 0 Å². The number of unbranched alkanes of at least 4 members (excludes halogenated alkanes) is 2. The predicted octanol–water partition coefficient (Wildman–Crippen LogP) is -2.39. The van der Waals surface area contributed by atoms with Crippen molar-refractivity contribution in [2.24, 2.45) is 35.1 Å². The quantitative estimate of drug-likeness (QED) is 0.0363. The first-order valence-corrected chi connectivity index (χ1v) is 30.2. The fourth-order valence-corrected chi connectivity index (χ4v) is 13.2. The highest BCUT2D eigenvalue weighted by Gasteiger charge is 2.47. The zero-order chi connectivity index (χ0) is 61.3. The molecule has 6 rings (SSSR count). The zero-order valence-corrected chi connectivity index (χ0v) is 48.4. The van der Waals surface area contributed by atoms with E-state index in [2.05, 4.69) is 53.2 Å². The van der Waals surface area contributed by atoms with Gasteiger partial charge in [-0.1, -0.05) is 31.4 Å². The maximum absolute atomic E-state index is 14.9. The van der Waals surface area contributed by atoms with Crippen LogP contribution in [0.4, 0.5) is 0 Å². The van der Waals surface area contributed by atoms with Gasteiger partial charge in [-0.2, -0.15) is 0 Å². The molecule has 27 nitrogen and oxygen atoms in total. The molecule has 2 aromatic rings. The molecule has 4 aliphatic rings. The van der Waals surface area contributed by atoms with Crippen LogP contribution in [0, 0.1) is 23.7 Å². The molecular weight excluding hydrogens is 1110 g/mol. The van der Waals surface area contributed by atoms with E-state index in [0.29, 0.717) is 56.4 Å². The second-order valence-electron chi connectivity index (χ2n) is 22.2. The van der Waals surface area contributed by atoms with Gasteiger partial charge >= 0.3 is 5.97 Å². The molecule has 2 saturated carbocycles. The molecule has 0 bridgehead atoms. The number of primary amides is 1. The maximum Gasteiger partial charge on any atom is 0.303 e. The third-order valence-corrected chi connectivity index (χ3v) is 18.4. The number of aryl methyl sites for hydroxylation is 1. The molecule has 2 aromatic carbocycles. The van der Waals surface area contributed by atoms with Gasteiger partial charge in [0.15, 0.2) is 9.84 Å². The number of rotatable bonds is 30. The Bertz CT molecular complexity index is 2790. The largest absolute Gasteiger partial charge is 0.508 e. The van der Waals surface area contributed by atoms with Crippen LogP contribution in [-0.2, 0) is 64.2 Å². The molecule has 16 N–H and O–H groups in total. The van der Waals surface area contributed by atoms with Gasteiger partial charge in [0, 0.05) is 51.6 Å². The number of aliphatic carboxylic acids is 1. The Balaban J connectivity index is 1.24. The van der Waals surface area contributed by atoms with Crippen LogP contribution in [0.15, 0.2) is 53.4 Å². The van der Waals surface area contributed by atoms with Gasteiger partial charge in [0.2, 0.25) is 53.2 Å². The van der Waals surface area contributed by atoms with Gasteiger partial charge in [-0.3, -0.25) is 47.9 Å². The standard InChI is InChI=1S/C56H82N12O15S/c1-30(49(58)73)61-52(76)39-26-59-28-46(39)67-54(78)42(9-5-4-6-23-57)63-51(75)38-24-36(84(81,82)35-18-16-34(83-3)17-19-35)25-45(38)66-55(79)43(20-13-32-11-14-33(70)15-12-32)65-53(77)40-27-60-29-47(40)68-56(80)44(21-22-48(71)72)64-50(74)37-8-7-10-41(37)62-31(2)69/h11-12,14-19,30,36-47,59-60,70H,4-10,13,20-29,57H2,1-3H3,(H2,58,73)(H,61,76)(H,62,69)(H,63,75)(H,64,74)(H,65,77)(H,66,79)(H,67,78)(H,68,80)(H,71,72)/t30-,36?,37?,38?,39?,40?,41?,42+,43+,44+,45?,46?,47?/m0/s1. The molecule has 2 aliphatic heterocycles. The van der Waals surface area contributed by atoms with Crippen LogP contribution in [-0.4, -0.2) is 171 Å². The van der Waals surface area contributed by atoms with Crippen LogP contribution >= 0.6 is 0 Å². The minimum atomic E-state index is -4.21. The summed E-state index contributed by atoms with van der Waals surface area (Å²) >= 11 is 0. The molecular formula is C56H82N12O15S. The fourth-order valence-electron chi connectivity index (χ4n) is 11.4. The predicted molar refractivity (Wildman–Crippen MR) is 304 cm³/mol. The van der Waals surface area contributed by atoms with Crippen molar-refractivity contribution < 1.29 is 71.3 Å². The zero-order valence-electron chi connectivity index (χ0n) is 47.6. The molecule has 0 radical (unpaired) electrons. The topological polar surface area (TPSA) is 427 Å². The second-order valence-corrected chi connectivity index (χ2v) is 24.5. The molecule has 2 saturated heterocycles. The first-order valence-electron chi connectivity index (χ1n) is 28.7. The van der Waals surface area contributed by atoms with E-state index in [4.69, 9.17) is 16.2 Å². The Morgan fingerprint density at radius 3 is 1.71 bits per heavy atom. The third kappa shape index (κ3) is 18.3. The van der Waals surface area contributed by atoms with E-state index in [-0.39, 0.29) is 81.3 Å². The molecule has 84 heavy (non-hydrogen) atoms. The molecule has 0 aromatic heterocycles. The molecule has 462 valence electrons. The van der Waals surface area contributed by atoms with E-state index >= 15 is 0 Å². The normalized spacial score (nSPS) is 24.3. The van der Waals surface area contributed by atoms with Crippen molar-refractivity contribution in [3.05, 3.63) is 54.1 Å². The summed E-state index contributed by atoms with van der Waals surface area (Å²) in [7, 11) is -2.78. The first-order chi connectivity index (χ1) is 40.0. The SMILES string of the molecule is COc1ccc(S(=O)(=O)C2CC(NC(=O)[C@@H](CCc3ccc(O)cc3)NC(=O)C3CNCC3NC(=O)[C@@H](CCC(=O)O)NC(=O)C3CCCC3NC(C)=O)C(C(=O)N[C@H](CCCCCN)C(=O)NC3CNCC3C(=O)N[C@@H](C)C(N)=O)C2)cc1. The number of phenols is 1. The van der Waals surface area contributed by atoms with Crippen molar-refractivity contribution in [2.45, 2.75) is 156 Å². The van der Waals surface area contributed by atoms with Crippen molar-refractivity contribution in [3.8, 4) is 11.5 Å². The second kappa shape index (κ2) is 30.9. The molecule has 2 heterocycles. The number of aromatic hydroxyl groups is 1. The number of nitrogens with two attached hydrogens (primary N) is 2. The summed E-state index contributed by atoms with van der Waals surface area (Å²) in [5.41, 5.74) is 11.8. The van der Waals surface area contributed by atoms with Crippen LogP contribution < -0.4 is 69.4 Å². The Labute approximate surface area is 488 Å². The highest BCUT2D eigenvalue weighted by Crippen LogP contribution is 2.36. The number of nitrogens with one attached hydrogen (secondary N) is 10. The minimum absolute atomic E-state index is 0.0143. The van der Waals surface area contributed by atoms with E-state index in [1.54, 1.807) is 12.1 Å². The van der Waals surface area contributed by atoms with Gasteiger partial charge in [0.25, 0.3) is 0 Å². The van der Waals surface area contributed by atoms with E-state index in [1.807, 2.05) is 0 Å². The summed E-state index contributed by atoms with van der Waals surface area (Å²) in [6, 6.07) is 3.60. The van der Waals surface area contributed by atoms with Crippen molar-refractivity contribution in [1.82, 2.24) is 53.2 Å². The average molecular weight is 1200 g/mol. The van der Waals surface area contributed by atoms with Crippen molar-refractivity contribution in [3.63, 3.8) is 0 Å². The van der Waals surface area contributed by atoms with E-state index in [1.165, 1.54) is 57.4 Å². The number of carbonyl (C=O) groups excluding carboxylic acids is 9. The number of methoxy groups -OCH3 is 1. The third-order valence-electron chi connectivity index (χ3n) is 16.2. The molecule has 0 spiro atoms. The van der Waals surface area contributed by atoms with Crippen LogP contribution in [0.5, 0.6) is 11.5 Å². The van der Waals surface area contributed by atoms with E-state index < -0.39 is 147 Å². The van der Waals surface area contributed by atoms with Gasteiger partial charge in [-0.05, 0) is 113 Å². The summed E-state index contributed by atoms with van der Waals surface area (Å²) in [5, 5.41) is 46.6. The fraction of sp³-hybridized carbons (Fsp3) is 0.607. The number of sulfone groups is 1. The van der Waals surface area contributed by atoms with Gasteiger partial charge in [-0.25, -0.2) is 8.42 Å². The lowest BCUT2D eigenvalue weighted by atomic mass is 9.97. The number of ether oxygens (including phenoxy) is 1. The number of amides is 9. The molecule has 9 amide bonds. The average Bonchev–Trinajstić information content (AvgIpc) is 2.76. The monoisotopic (exact) mass is 1190 g/mol. The Kier molecular flexibility index (Phi) is 24.2. The van der Waals surface area contributed by atoms with Crippen molar-refractivity contribution >= 4 is 69.0 Å². The number of phenolic OH excluding ortho intramolecular Hbond substituents is 1. The summed E-state index contributed by atoms with van der Waals surface area (Å²) in [6.45, 7) is 3.56. The molecule has 2 aliphatic carbocycles. The number of hydrogen-bond donors (Lipinski definition) is 14. The van der Waals surface area contributed by atoms with Crippen molar-refractivity contribution in [1.29, 1.82) is 0 Å². The van der Waals surface area contributed by atoms with E-state index in [9.17, 15) is 66.6 Å². The van der Waals surface area contributed by atoms with E-state index in [0.717, 1.165) is 0 Å². The first kappa shape index (κ1) is 65.7. The lowest BCUT2D eigenvalue weighted by Gasteiger charge is -2.28. The molecule has 28 heteroatoms.